The molecule has 0 radical (unpaired) electrons. The molecule has 3 aromatic rings. The lowest BCUT2D eigenvalue weighted by Gasteiger charge is -2.38. The van der Waals surface area contributed by atoms with E-state index in [2.05, 4.69) is 22.3 Å². The lowest BCUT2D eigenvalue weighted by atomic mass is 10.0. The Labute approximate surface area is 186 Å². The van der Waals surface area contributed by atoms with Gasteiger partial charge in [0, 0.05) is 30.2 Å². The third kappa shape index (κ3) is 3.22. The smallest absolute Gasteiger partial charge is 0.262 e. The minimum absolute atomic E-state index is 0.0406. The number of hydrogen-bond acceptors (Lipinski definition) is 6. The summed E-state index contributed by atoms with van der Waals surface area (Å²) in [6.07, 6.45) is -0.374. The van der Waals surface area contributed by atoms with Crippen LogP contribution in [0.2, 0.25) is 0 Å². The molecule has 0 aliphatic carbocycles. The second kappa shape index (κ2) is 7.76. The van der Waals surface area contributed by atoms with Crippen LogP contribution in [0.5, 0.6) is 11.5 Å². The first-order chi connectivity index (χ1) is 15.8. The van der Waals surface area contributed by atoms with E-state index in [0.717, 1.165) is 54.7 Å². The molecule has 1 N–H and O–H groups in total. The molecule has 1 saturated heterocycles. The topological polar surface area (TPSA) is 63.3 Å². The van der Waals surface area contributed by atoms with Crippen LogP contribution in [0.4, 0.5) is 17.1 Å². The molecule has 3 aliphatic heterocycles. The van der Waals surface area contributed by atoms with Gasteiger partial charge < -0.3 is 24.4 Å². The van der Waals surface area contributed by atoms with Gasteiger partial charge in [-0.3, -0.25) is 9.69 Å². The monoisotopic (exact) mass is 429 g/mol. The maximum atomic E-state index is 13.6. The average Bonchev–Trinajstić information content (AvgIpc) is 3.33. The van der Waals surface area contributed by atoms with E-state index in [4.69, 9.17) is 14.2 Å². The molecule has 0 aromatic heterocycles. The van der Waals surface area contributed by atoms with Gasteiger partial charge in [-0.1, -0.05) is 18.2 Å². The Kier molecular flexibility index (Phi) is 4.61. The van der Waals surface area contributed by atoms with Gasteiger partial charge in [0.25, 0.3) is 5.91 Å². The van der Waals surface area contributed by atoms with Crippen molar-refractivity contribution in [3.63, 3.8) is 0 Å². The minimum atomic E-state index is -0.374. The number of fused-ring (bicyclic) bond motifs is 2. The molecule has 0 saturated carbocycles. The highest BCUT2D eigenvalue weighted by Crippen LogP contribution is 2.40. The number of morpholine rings is 1. The molecular weight excluding hydrogens is 406 g/mol. The number of nitrogens with zero attached hydrogens (tertiary/aromatic N) is 2. The quantitative estimate of drug-likeness (QED) is 0.679. The third-order valence-electron chi connectivity index (χ3n) is 6.14. The van der Waals surface area contributed by atoms with Crippen LogP contribution in [0.3, 0.4) is 0 Å². The van der Waals surface area contributed by atoms with Crippen molar-refractivity contribution in [2.24, 2.45) is 0 Å². The first-order valence-electron chi connectivity index (χ1n) is 10.8. The van der Waals surface area contributed by atoms with Crippen molar-refractivity contribution in [1.82, 2.24) is 0 Å². The molecule has 3 aromatic carbocycles. The van der Waals surface area contributed by atoms with Gasteiger partial charge in [-0.2, -0.15) is 0 Å². The summed E-state index contributed by atoms with van der Waals surface area (Å²) in [5.41, 5.74) is 4.36. The summed E-state index contributed by atoms with van der Waals surface area (Å²) in [5, 5.41) is 3.54. The molecular formula is C25H23N3O4. The maximum Gasteiger partial charge on any atom is 0.262 e. The van der Waals surface area contributed by atoms with Crippen LogP contribution in [0, 0.1) is 0 Å². The average molecular weight is 429 g/mol. The summed E-state index contributed by atoms with van der Waals surface area (Å²) in [6.45, 7) is 3.43. The van der Waals surface area contributed by atoms with Gasteiger partial charge in [-0.25, -0.2) is 0 Å². The third-order valence-corrected chi connectivity index (χ3v) is 6.14. The molecule has 1 unspecified atom stereocenters. The van der Waals surface area contributed by atoms with E-state index in [9.17, 15) is 4.79 Å². The molecule has 1 amide bonds. The van der Waals surface area contributed by atoms with Crippen LogP contribution in [-0.4, -0.2) is 39.0 Å². The lowest BCUT2D eigenvalue weighted by molar-refractivity contribution is 0.0975. The van der Waals surface area contributed by atoms with Crippen LogP contribution in [-0.2, 0) is 4.74 Å². The number of carbonyl (C=O) groups excluding carboxylic acids is 1. The van der Waals surface area contributed by atoms with Crippen LogP contribution in [0.15, 0.2) is 66.7 Å². The predicted molar refractivity (Wildman–Crippen MR) is 122 cm³/mol. The van der Waals surface area contributed by atoms with Crippen molar-refractivity contribution < 1.29 is 19.0 Å². The zero-order chi connectivity index (χ0) is 21.5. The van der Waals surface area contributed by atoms with E-state index >= 15 is 0 Å². The van der Waals surface area contributed by atoms with E-state index in [1.807, 2.05) is 59.5 Å². The summed E-state index contributed by atoms with van der Waals surface area (Å²) in [6, 6.07) is 21.6. The number of carbonyl (C=O) groups is 1. The summed E-state index contributed by atoms with van der Waals surface area (Å²) in [7, 11) is 0. The summed E-state index contributed by atoms with van der Waals surface area (Å²) in [5.74, 6) is 1.37. The SMILES string of the molecule is O=C1c2ccccc2NC(c2ccc3c(c2)OCO3)N1c1ccc(N2CCOCC2)cc1. The normalized spacial score (nSPS) is 19.5. The number of benzene rings is 3. The van der Waals surface area contributed by atoms with Crippen LogP contribution >= 0.6 is 0 Å². The molecule has 0 bridgehead atoms. The first kappa shape index (κ1) is 19.0. The maximum absolute atomic E-state index is 13.6. The Morgan fingerprint density at radius 1 is 0.844 bits per heavy atom. The second-order valence-corrected chi connectivity index (χ2v) is 8.00. The summed E-state index contributed by atoms with van der Waals surface area (Å²) < 4.78 is 16.5. The molecule has 7 nitrogen and oxygen atoms in total. The van der Waals surface area contributed by atoms with E-state index in [0.29, 0.717) is 11.3 Å². The van der Waals surface area contributed by atoms with Crippen molar-refractivity contribution in [3.05, 3.63) is 77.9 Å². The Morgan fingerprint density at radius 2 is 1.59 bits per heavy atom. The fourth-order valence-corrected chi connectivity index (χ4v) is 4.48. The van der Waals surface area contributed by atoms with E-state index < -0.39 is 0 Å². The largest absolute Gasteiger partial charge is 0.454 e. The van der Waals surface area contributed by atoms with Crippen molar-refractivity contribution >= 4 is 23.0 Å². The molecule has 1 atom stereocenters. The minimum Gasteiger partial charge on any atom is -0.454 e. The van der Waals surface area contributed by atoms with Crippen molar-refractivity contribution in [3.8, 4) is 11.5 Å². The van der Waals surface area contributed by atoms with Gasteiger partial charge in [0.2, 0.25) is 6.79 Å². The van der Waals surface area contributed by atoms with Gasteiger partial charge in [0.15, 0.2) is 11.5 Å². The van der Waals surface area contributed by atoms with Crippen molar-refractivity contribution in [2.45, 2.75) is 6.17 Å². The van der Waals surface area contributed by atoms with Crippen LogP contribution in [0.1, 0.15) is 22.1 Å². The van der Waals surface area contributed by atoms with E-state index in [-0.39, 0.29) is 18.9 Å². The van der Waals surface area contributed by atoms with Gasteiger partial charge in [0.1, 0.15) is 6.17 Å². The zero-order valence-corrected chi connectivity index (χ0v) is 17.5. The fourth-order valence-electron chi connectivity index (χ4n) is 4.48. The highest BCUT2D eigenvalue weighted by Gasteiger charge is 2.34. The zero-order valence-electron chi connectivity index (χ0n) is 17.5. The van der Waals surface area contributed by atoms with Crippen LogP contribution < -0.4 is 24.6 Å². The molecule has 1 fully saturated rings. The molecule has 6 rings (SSSR count). The molecule has 3 aliphatic rings. The van der Waals surface area contributed by atoms with Crippen LogP contribution in [0.25, 0.3) is 0 Å². The Balaban J connectivity index is 1.39. The molecule has 162 valence electrons. The van der Waals surface area contributed by atoms with E-state index in [1.54, 1.807) is 0 Å². The molecule has 3 heterocycles. The van der Waals surface area contributed by atoms with Gasteiger partial charge in [-0.15, -0.1) is 0 Å². The highest BCUT2D eigenvalue weighted by molar-refractivity contribution is 6.12. The number of nitrogens with one attached hydrogen (secondary N) is 1. The number of hydrogen-bond donors (Lipinski definition) is 1. The number of ether oxygens (including phenoxy) is 3. The Bertz CT molecular complexity index is 1160. The molecule has 32 heavy (non-hydrogen) atoms. The van der Waals surface area contributed by atoms with Crippen molar-refractivity contribution in [2.75, 3.05) is 48.2 Å². The summed E-state index contributed by atoms with van der Waals surface area (Å²) >= 11 is 0. The van der Waals surface area contributed by atoms with Gasteiger partial charge in [-0.05, 0) is 54.1 Å². The fraction of sp³-hybridized carbons (Fsp3) is 0.240. The summed E-state index contributed by atoms with van der Waals surface area (Å²) in [4.78, 5) is 17.7. The Hall–Kier alpha value is -3.71. The second-order valence-electron chi connectivity index (χ2n) is 8.00. The lowest BCUT2D eigenvalue weighted by Crippen LogP contribution is -2.43. The number of anilines is 3. The number of rotatable bonds is 3. The predicted octanol–water partition coefficient (Wildman–Crippen LogP) is 4.02. The van der Waals surface area contributed by atoms with Crippen molar-refractivity contribution in [1.29, 1.82) is 0 Å². The first-order valence-corrected chi connectivity index (χ1v) is 10.8. The Morgan fingerprint density at radius 3 is 2.44 bits per heavy atom. The number of amides is 1. The standard InChI is InChI=1S/C25H23N3O4/c29-25-20-3-1-2-4-21(20)26-24(17-5-10-22-23(15-17)32-16-31-22)28(25)19-8-6-18(7-9-19)27-11-13-30-14-12-27/h1-10,15,24,26H,11-14,16H2. The molecule has 0 spiro atoms. The van der Waals surface area contributed by atoms with E-state index in [1.165, 1.54) is 0 Å². The molecule has 7 heteroatoms. The number of para-hydroxylation sites is 1. The van der Waals surface area contributed by atoms with Gasteiger partial charge in [0.05, 0.1) is 18.8 Å². The highest BCUT2D eigenvalue weighted by atomic mass is 16.7. The van der Waals surface area contributed by atoms with Gasteiger partial charge >= 0.3 is 0 Å².